The second kappa shape index (κ2) is 21.2. The molecule has 9 heteroatoms. The van der Waals surface area contributed by atoms with Crippen molar-refractivity contribution in [1.29, 1.82) is 0 Å². The van der Waals surface area contributed by atoms with E-state index in [9.17, 15) is 0 Å². The molecule has 0 spiro atoms. The summed E-state index contributed by atoms with van der Waals surface area (Å²) in [5.74, 6) is 3.38. The summed E-state index contributed by atoms with van der Waals surface area (Å²) in [6.07, 6.45) is 5.04. The number of amidine groups is 1. The van der Waals surface area contributed by atoms with Gasteiger partial charge in [-0.25, -0.2) is 9.13 Å². The molecule has 3 atom stereocenters. The normalized spacial score (nSPS) is 18.2. The van der Waals surface area contributed by atoms with Gasteiger partial charge in [0, 0.05) is 58.7 Å². The summed E-state index contributed by atoms with van der Waals surface area (Å²) in [6, 6.07) is 28.9. The molecule has 0 N–H and O–H groups in total. The second-order valence-corrected chi connectivity index (χ2v) is 23.5. The molecule has 362 valence electrons. The molecule has 2 aliphatic rings. The molecule has 0 amide bonds. The highest BCUT2D eigenvalue weighted by Gasteiger charge is 2.78. The predicted molar refractivity (Wildman–Crippen MR) is 297 cm³/mol. The van der Waals surface area contributed by atoms with Gasteiger partial charge in [-0.3, -0.25) is 9.48 Å². The number of rotatable bonds is 16. The Kier molecular flexibility index (Phi) is 16.5. The van der Waals surface area contributed by atoms with Gasteiger partial charge in [0.15, 0.2) is 0 Å². The van der Waals surface area contributed by atoms with E-state index in [2.05, 4.69) is 224 Å². The molecule has 0 radical (unpaired) electrons. The van der Waals surface area contributed by atoms with Crippen LogP contribution in [0.3, 0.4) is 0 Å². The van der Waals surface area contributed by atoms with Crippen molar-refractivity contribution in [3.05, 3.63) is 130 Å². The molecule has 3 heterocycles. The number of benzene rings is 4. The lowest BCUT2D eigenvalue weighted by molar-refractivity contribution is -0.577. The van der Waals surface area contributed by atoms with E-state index in [4.69, 9.17) is 0 Å². The monoisotopic (exact) mass is 923 g/mol. The van der Waals surface area contributed by atoms with Crippen LogP contribution in [0.1, 0.15) is 203 Å². The molecular weight excluding hydrogens is 834 g/mol. The molecule has 1 fully saturated rings. The summed E-state index contributed by atoms with van der Waals surface area (Å²) in [4.78, 5) is 3.08. The van der Waals surface area contributed by atoms with Gasteiger partial charge in [0.2, 0.25) is 5.45 Å². The SMILES string of the molecule is COCCOC.[BH3-]C1=[N+](c2c(C(C)C)cccc2C(C)C)[C@H]2[C@@H](N1c1c(C(C)C)cccc1C(C)C)[Si@]2([BH3-])c1n(-c2c(C(C)C)cccc2C(C)C)cc[n+]1-c1c(C(C)C)cccc1C(C)C. The van der Waals surface area contributed by atoms with Crippen LogP contribution in [0.5, 0.6) is 0 Å². The Morgan fingerprint density at radius 3 is 1.18 bits per heavy atom. The van der Waals surface area contributed by atoms with E-state index >= 15 is 0 Å². The zero-order valence-electron chi connectivity index (χ0n) is 43.4. The van der Waals surface area contributed by atoms with Gasteiger partial charge in [-0.15, -0.1) is 0 Å². The first-order valence-electron chi connectivity index (χ1n) is 24.7. The fourth-order valence-corrected chi connectivity index (χ4v) is 13.4. The number of hydrogen-bond donors (Lipinski definition) is 0. The Bertz CT molecular complexity index is 2360. The van der Waals surface area contributed by atoms with Crippen LogP contribution in [-0.2, 0) is 9.47 Å². The van der Waals surface area contributed by atoms with Crippen molar-refractivity contribution in [1.82, 2.24) is 4.57 Å². The van der Waals surface area contributed by atoms with Crippen molar-refractivity contribution >= 4 is 45.8 Å². The Hall–Kier alpha value is -4.17. The molecule has 1 saturated heterocycles. The Labute approximate surface area is 410 Å². The third kappa shape index (κ3) is 9.60. The van der Waals surface area contributed by atoms with Gasteiger partial charge in [0.1, 0.15) is 54.4 Å². The van der Waals surface area contributed by atoms with Crippen LogP contribution < -0.4 is 14.9 Å². The largest absolute Gasteiger partial charge is 0.382 e. The molecule has 1 aromatic heterocycles. The maximum absolute atomic E-state index is 4.66. The number of imidazole rings is 1. The number of ether oxygens (including phenoxy) is 2. The van der Waals surface area contributed by atoms with Crippen LogP contribution in [0.2, 0.25) is 0 Å². The van der Waals surface area contributed by atoms with Crippen molar-refractivity contribution < 1.29 is 18.6 Å². The lowest BCUT2D eigenvalue weighted by Crippen LogP contribution is -2.65. The van der Waals surface area contributed by atoms with Crippen molar-refractivity contribution in [2.24, 2.45) is 0 Å². The predicted octanol–water partition coefficient (Wildman–Crippen LogP) is 11.0. The van der Waals surface area contributed by atoms with Crippen LogP contribution in [0.4, 0.5) is 11.4 Å². The molecule has 6 nitrogen and oxygen atoms in total. The number of methoxy groups -OCH3 is 2. The van der Waals surface area contributed by atoms with Crippen LogP contribution in [0, 0.1) is 0 Å². The Morgan fingerprint density at radius 1 is 0.507 bits per heavy atom. The number of hydrogen-bond acceptors (Lipinski definition) is 3. The fourth-order valence-electron chi connectivity index (χ4n) is 10.0. The van der Waals surface area contributed by atoms with E-state index in [1.54, 1.807) is 36.8 Å². The van der Waals surface area contributed by atoms with E-state index < -0.39 is 7.94 Å². The van der Waals surface area contributed by atoms with Gasteiger partial charge in [-0.1, -0.05) is 184 Å². The summed E-state index contributed by atoms with van der Waals surface area (Å²) in [6.45, 7) is 40.0. The van der Waals surface area contributed by atoms with Crippen molar-refractivity contribution in [2.75, 3.05) is 32.3 Å². The third-order valence-electron chi connectivity index (χ3n) is 13.5. The quantitative estimate of drug-likeness (QED) is 0.0562. The minimum absolute atomic E-state index is 0.213. The maximum Gasteiger partial charge on any atom is 0.205 e. The molecule has 2 aliphatic heterocycles. The minimum Gasteiger partial charge on any atom is -0.382 e. The molecule has 0 aliphatic carbocycles. The van der Waals surface area contributed by atoms with Gasteiger partial charge in [-0.05, 0) is 54.8 Å². The average molecular weight is 923 g/mol. The lowest BCUT2D eigenvalue weighted by atomic mass is 9.90. The van der Waals surface area contributed by atoms with E-state index in [0.29, 0.717) is 71.9 Å². The van der Waals surface area contributed by atoms with Gasteiger partial charge >= 0.3 is 0 Å². The molecule has 4 aromatic carbocycles. The molecule has 5 aromatic rings. The Morgan fingerprint density at radius 2 is 0.836 bits per heavy atom. The number of para-hydroxylation sites is 4. The van der Waals surface area contributed by atoms with E-state index in [0.717, 1.165) is 0 Å². The first kappa shape index (κ1) is 52.2. The first-order chi connectivity index (χ1) is 31.7. The van der Waals surface area contributed by atoms with E-state index in [-0.39, 0.29) is 15.3 Å². The van der Waals surface area contributed by atoms with E-state index in [1.807, 2.05) is 0 Å². The summed E-state index contributed by atoms with van der Waals surface area (Å²) in [7, 11) is 0.569. The van der Waals surface area contributed by atoms with Crippen molar-refractivity contribution in [3.8, 4) is 11.4 Å². The van der Waals surface area contributed by atoms with Gasteiger partial charge < -0.3 is 9.47 Å². The van der Waals surface area contributed by atoms with Crippen LogP contribution in [0.25, 0.3) is 11.4 Å². The van der Waals surface area contributed by atoms with Crippen LogP contribution in [0.15, 0.2) is 85.2 Å². The summed E-state index contributed by atoms with van der Waals surface area (Å²) >= 11 is 0. The van der Waals surface area contributed by atoms with E-state index in [1.165, 1.54) is 55.9 Å². The highest BCUT2D eigenvalue weighted by Crippen LogP contribution is 2.53. The fraction of sp³-hybridized carbons (Fsp3) is 0.517. The maximum atomic E-state index is 4.66. The summed E-state index contributed by atoms with van der Waals surface area (Å²) in [5.41, 5.74) is 22.3. The molecule has 0 bridgehead atoms. The topological polar surface area (TPSA) is 33.5 Å². The zero-order chi connectivity index (χ0) is 49.4. The zero-order valence-corrected chi connectivity index (χ0v) is 44.4. The highest BCUT2D eigenvalue weighted by atomic mass is 28.3. The van der Waals surface area contributed by atoms with Crippen molar-refractivity contribution in [3.63, 3.8) is 0 Å². The number of anilines is 1. The summed E-state index contributed by atoms with van der Waals surface area (Å²) < 4.78 is 18.0. The first-order valence-corrected chi connectivity index (χ1v) is 26.4. The molecule has 0 saturated carbocycles. The number of fused-ring (bicyclic) bond motifs is 1. The lowest BCUT2D eigenvalue weighted by Gasteiger charge is -2.31. The summed E-state index contributed by atoms with van der Waals surface area (Å²) in [5, 5.41) is 0. The molecular formula is C58H88B2N4O2Si. The Balaban J connectivity index is 0.00000116. The minimum atomic E-state index is -2.28. The van der Waals surface area contributed by atoms with Crippen LogP contribution in [-0.4, -0.2) is 76.9 Å². The van der Waals surface area contributed by atoms with Crippen molar-refractivity contribution in [2.45, 2.75) is 169 Å². The smallest absolute Gasteiger partial charge is 0.205 e. The third-order valence-corrected chi connectivity index (χ3v) is 16.5. The highest BCUT2D eigenvalue weighted by molar-refractivity contribution is 7.32. The number of aromatic nitrogens is 2. The van der Waals surface area contributed by atoms with Gasteiger partial charge in [0.05, 0.1) is 26.8 Å². The molecule has 67 heavy (non-hydrogen) atoms. The van der Waals surface area contributed by atoms with Gasteiger partial charge in [0.25, 0.3) is 0 Å². The average Bonchev–Trinajstić information content (AvgIpc) is 3.52. The number of nitrogens with zero attached hydrogens (tertiary/aromatic N) is 4. The van der Waals surface area contributed by atoms with Crippen LogP contribution >= 0.6 is 0 Å². The van der Waals surface area contributed by atoms with Gasteiger partial charge in [-0.2, -0.15) is 0 Å². The molecule has 7 rings (SSSR count). The standard InChI is InChI=1S/C54H78B2N4Si.C4H10O2/c1-31(2)39-21-17-22-40(32(3)4)47(39)57-29-30-58(48-41(33(5)6)23-18-24-42(48)34(7)8)54(57)61(56)51-52(61)60(50-45(37(13)14)27-20-28-46(50)38(15)16)53(55)59(51)49-43(35(9)10)25-19-26-44(49)36(11)12;1-5-3-4-6-2/h17-38,51-52H,1-16,55-56H3;3-4H2,1-2H3/t51-,52+,61+;. The second-order valence-electron chi connectivity index (χ2n) is 20.9. The molecule has 0 unspecified atom stereocenters.